The molecule has 4 rings (SSSR count). The molecule has 0 unspecified atom stereocenters. The van der Waals surface area contributed by atoms with Crippen molar-refractivity contribution in [2.45, 2.75) is 48.7 Å². The van der Waals surface area contributed by atoms with E-state index < -0.39 is 0 Å². The summed E-state index contributed by atoms with van der Waals surface area (Å²) in [6.45, 7) is 2.00. The summed E-state index contributed by atoms with van der Waals surface area (Å²) < 4.78 is 7.04. The number of hydrogen-bond donors (Lipinski definition) is 0. The van der Waals surface area contributed by atoms with E-state index in [4.69, 9.17) is 4.42 Å². The van der Waals surface area contributed by atoms with Crippen molar-refractivity contribution in [1.29, 1.82) is 0 Å². The predicted octanol–water partition coefficient (Wildman–Crippen LogP) is 5.50. The Balaban J connectivity index is 1.65. The Hall–Kier alpha value is -1.79. The van der Waals surface area contributed by atoms with E-state index in [1.54, 1.807) is 23.1 Å². The highest BCUT2D eigenvalue weighted by molar-refractivity contribution is 8.00. The molecule has 1 saturated carbocycles. The van der Waals surface area contributed by atoms with Crippen molar-refractivity contribution in [2.75, 3.05) is 7.05 Å². The maximum atomic E-state index is 13.1. The van der Waals surface area contributed by atoms with Crippen LogP contribution < -0.4 is 0 Å². The van der Waals surface area contributed by atoms with Gasteiger partial charge in [-0.1, -0.05) is 42.8 Å². The zero-order chi connectivity index (χ0) is 18.1. The number of thiazole rings is 1. The number of hydrogen-bond acceptors (Lipinski definition) is 5. The second-order valence-corrected chi connectivity index (χ2v) is 8.88. The number of para-hydroxylation sites is 1. The first-order valence-corrected chi connectivity index (χ1v) is 10.8. The minimum atomic E-state index is -0.000908. The number of carbonyl (C=O) groups is 1. The third kappa shape index (κ3) is 3.40. The van der Waals surface area contributed by atoms with Gasteiger partial charge in [-0.2, -0.15) is 0 Å². The summed E-state index contributed by atoms with van der Waals surface area (Å²) in [4.78, 5) is 19.5. The van der Waals surface area contributed by atoms with Gasteiger partial charge in [-0.15, -0.1) is 11.3 Å². The van der Waals surface area contributed by atoms with Crippen molar-refractivity contribution in [2.24, 2.45) is 0 Å². The van der Waals surface area contributed by atoms with E-state index >= 15 is 0 Å². The topological polar surface area (TPSA) is 46.3 Å². The summed E-state index contributed by atoms with van der Waals surface area (Å²) in [5.41, 5.74) is 2.79. The average molecular weight is 387 g/mol. The van der Waals surface area contributed by atoms with Crippen molar-refractivity contribution in [3.05, 3.63) is 46.7 Å². The molecule has 0 atom stereocenters. The molecule has 0 saturated heterocycles. The van der Waals surface area contributed by atoms with E-state index in [9.17, 15) is 4.79 Å². The van der Waals surface area contributed by atoms with Crippen LogP contribution in [0.25, 0.3) is 11.0 Å². The number of benzene rings is 1. The largest absolute Gasteiger partial charge is 0.451 e. The second-order valence-electron chi connectivity index (χ2n) is 6.80. The summed E-state index contributed by atoms with van der Waals surface area (Å²) in [5, 5.41) is 3.08. The summed E-state index contributed by atoms with van der Waals surface area (Å²) in [6.07, 6.45) is 4.58. The number of furan rings is 1. The summed E-state index contributed by atoms with van der Waals surface area (Å²) in [5.74, 6) is 1.17. The fourth-order valence-corrected chi connectivity index (χ4v) is 5.44. The SMILES string of the molecule is Cc1csc(SCc2c(C(=O)N(C)C3CCCC3)oc3ccccc23)n1. The average Bonchev–Trinajstić information content (AvgIpc) is 3.38. The van der Waals surface area contributed by atoms with Gasteiger partial charge in [0.15, 0.2) is 5.76 Å². The first-order chi connectivity index (χ1) is 12.6. The quantitative estimate of drug-likeness (QED) is 0.543. The van der Waals surface area contributed by atoms with Crippen molar-refractivity contribution >= 4 is 40.0 Å². The number of aryl methyl sites for hydroxylation is 1. The number of carbonyl (C=O) groups excluding carboxylic acids is 1. The Morgan fingerprint density at radius 1 is 1.35 bits per heavy atom. The molecule has 0 spiro atoms. The number of amides is 1. The molecule has 1 amide bonds. The maximum absolute atomic E-state index is 13.1. The van der Waals surface area contributed by atoms with Crippen LogP contribution in [0.3, 0.4) is 0 Å². The smallest absolute Gasteiger partial charge is 0.289 e. The van der Waals surface area contributed by atoms with Crippen LogP contribution in [-0.4, -0.2) is 28.9 Å². The molecular formula is C20H22N2O2S2. The fourth-order valence-electron chi connectivity index (χ4n) is 3.56. The first kappa shape index (κ1) is 17.6. The lowest BCUT2D eigenvalue weighted by atomic mass is 10.1. The van der Waals surface area contributed by atoms with E-state index in [0.29, 0.717) is 17.6 Å². The zero-order valence-corrected chi connectivity index (χ0v) is 16.7. The van der Waals surface area contributed by atoms with E-state index in [-0.39, 0.29) is 5.91 Å². The van der Waals surface area contributed by atoms with Gasteiger partial charge < -0.3 is 9.32 Å². The van der Waals surface area contributed by atoms with E-state index in [1.165, 1.54) is 12.8 Å². The van der Waals surface area contributed by atoms with E-state index in [1.807, 2.05) is 43.1 Å². The van der Waals surface area contributed by atoms with E-state index in [2.05, 4.69) is 10.4 Å². The highest BCUT2D eigenvalue weighted by Gasteiger charge is 2.29. The Morgan fingerprint density at radius 3 is 2.85 bits per heavy atom. The zero-order valence-electron chi connectivity index (χ0n) is 15.0. The number of nitrogens with zero attached hydrogens (tertiary/aromatic N) is 2. The Bertz CT molecular complexity index is 925. The maximum Gasteiger partial charge on any atom is 0.289 e. The lowest BCUT2D eigenvalue weighted by Gasteiger charge is -2.23. The van der Waals surface area contributed by atoms with Crippen LogP contribution >= 0.6 is 23.1 Å². The molecule has 0 aliphatic heterocycles. The van der Waals surface area contributed by atoms with Crippen LogP contribution in [0.2, 0.25) is 0 Å². The molecule has 136 valence electrons. The van der Waals surface area contributed by atoms with Gasteiger partial charge in [0.25, 0.3) is 5.91 Å². The summed E-state index contributed by atoms with van der Waals surface area (Å²) >= 11 is 3.31. The lowest BCUT2D eigenvalue weighted by Crippen LogP contribution is -2.35. The van der Waals surface area contributed by atoms with Crippen molar-refractivity contribution in [1.82, 2.24) is 9.88 Å². The van der Waals surface area contributed by atoms with Gasteiger partial charge in [0, 0.05) is 40.9 Å². The normalized spacial score (nSPS) is 15.0. The van der Waals surface area contributed by atoms with Gasteiger partial charge in [-0.3, -0.25) is 4.79 Å². The van der Waals surface area contributed by atoms with Crippen molar-refractivity contribution in [3.63, 3.8) is 0 Å². The van der Waals surface area contributed by atoms with Crippen molar-refractivity contribution in [3.8, 4) is 0 Å². The molecule has 26 heavy (non-hydrogen) atoms. The molecule has 3 aromatic rings. The van der Waals surface area contributed by atoms with Crippen LogP contribution in [0.4, 0.5) is 0 Å². The first-order valence-electron chi connectivity index (χ1n) is 8.96. The lowest BCUT2D eigenvalue weighted by molar-refractivity contribution is 0.0704. The van der Waals surface area contributed by atoms with Crippen LogP contribution in [0.15, 0.2) is 38.4 Å². The van der Waals surface area contributed by atoms with Crippen LogP contribution in [0.1, 0.15) is 47.5 Å². The fraction of sp³-hybridized carbons (Fsp3) is 0.400. The third-order valence-corrected chi connectivity index (χ3v) is 7.19. The number of fused-ring (bicyclic) bond motifs is 1. The minimum absolute atomic E-state index is 0.000908. The Morgan fingerprint density at radius 2 is 2.12 bits per heavy atom. The van der Waals surface area contributed by atoms with Gasteiger partial charge in [0.2, 0.25) is 0 Å². The van der Waals surface area contributed by atoms with Gasteiger partial charge in [0.1, 0.15) is 9.92 Å². The standard InChI is InChI=1S/C20H22N2O2S2/c1-13-11-25-20(21-13)26-12-16-15-9-5-6-10-17(15)24-18(16)19(23)22(2)14-7-3-4-8-14/h5-6,9-11,14H,3-4,7-8,12H2,1-2H3. The molecule has 1 aliphatic rings. The number of rotatable bonds is 5. The van der Waals surface area contributed by atoms with Crippen LogP contribution in [0.5, 0.6) is 0 Å². The van der Waals surface area contributed by atoms with Gasteiger partial charge in [-0.05, 0) is 25.8 Å². The number of aromatic nitrogens is 1. The van der Waals surface area contributed by atoms with Gasteiger partial charge in [0.05, 0.1) is 0 Å². The molecule has 1 aliphatic carbocycles. The third-order valence-electron chi connectivity index (χ3n) is 5.02. The van der Waals surface area contributed by atoms with Gasteiger partial charge >= 0.3 is 0 Å². The molecule has 4 nitrogen and oxygen atoms in total. The second kappa shape index (κ2) is 7.45. The molecule has 6 heteroatoms. The molecule has 0 bridgehead atoms. The van der Waals surface area contributed by atoms with Crippen molar-refractivity contribution < 1.29 is 9.21 Å². The summed E-state index contributed by atoms with van der Waals surface area (Å²) in [7, 11) is 1.91. The number of thioether (sulfide) groups is 1. The molecule has 0 radical (unpaired) electrons. The highest BCUT2D eigenvalue weighted by atomic mass is 32.2. The summed E-state index contributed by atoms with van der Waals surface area (Å²) in [6, 6.07) is 8.24. The van der Waals surface area contributed by atoms with Crippen LogP contribution in [0, 0.1) is 6.92 Å². The molecule has 1 aromatic carbocycles. The Labute approximate surface area is 161 Å². The Kier molecular flexibility index (Phi) is 5.05. The molecule has 0 N–H and O–H groups in total. The molecule has 2 aromatic heterocycles. The minimum Gasteiger partial charge on any atom is -0.451 e. The van der Waals surface area contributed by atoms with Crippen LogP contribution in [-0.2, 0) is 5.75 Å². The monoisotopic (exact) mass is 386 g/mol. The highest BCUT2D eigenvalue weighted by Crippen LogP contribution is 2.34. The van der Waals surface area contributed by atoms with Gasteiger partial charge in [-0.25, -0.2) is 4.98 Å². The van der Waals surface area contributed by atoms with E-state index in [0.717, 1.165) is 39.4 Å². The molecular weight excluding hydrogens is 364 g/mol. The predicted molar refractivity (Wildman–Crippen MR) is 107 cm³/mol. The molecule has 1 fully saturated rings. The molecule has 2 heterocycles.